The molecule has 6 aromatic heterocycles. The molecule has 0 spiro atoms. The second-order valence-corrected chi connectivity index (χ2v) is 23.3. The highest BCUT2D eigenvalue weighted by Crippen LogP contribution is 2.35. The number of aromatic nitrogens is 9. The molecule has 356 valence electrons. The highest BCUT2D eigenvalue weighted by molar-refractivity contribution is 7.19. The quantitative estimate of drug-likeness (QED) is 0.112. The molecule has 9 nitrogen and oxygen atoms in total. The Morgan fingerprint density at radius 3 is 1.20 bits per heavy atom. The van der Waals surface area contributed by atoms with Gasteiger partial charge in [0.15, 0.2) is 13.9 Å². The van der Waals surface area contributed by atoms with Crippen LogP contribution in [0.25, 0.3) is 106 Å². The van der Waals surface area contributed by atoms with Crippen LogP contribution in [0.3, 0.4) is 0 Å². The van der Waals surface area contributed by atoms with Crippen molar-refractivity contribution in [2.45, 2.75) is 0 Å². The topological polar surface area (TPSA) is 75.2 Å². The van der Waals surface area contributed by atoms with E-state index < -0.39 is 8.07 Å². The average Bonchev–Trinajstić information content (AvgIpc) is 4.34. The van der Waals surface area contributed by atoms with Crippen LogP contribution in [0.2, 0.25) is 0 Å². The van der Waals surface area contributed by atoms with Gasteiger partial charge in [-0.3, -0.25) is 17.9 Å². The molecule has 16 aromatic rings. The summed E-state index contributed by atoms with van der Waals surface area (Å²) in [5, 5.41) is 7.51. The van der Waals surface area contributed by atoms with Gasteiger partial charge in [0.1, 0.15) is 11.6 Å². The minimum Gasteiger partial charge on any atom is -0.309 e. The molecule has 10 aromatic carbocycles. The zero-order chi connectivity index (χ0) is 49.9. The van der Waals surface area contributed by atoms with Gasteiger partial charge in [-0.2, -0.15) is 0 Å². The summed E-state index contributed by atoms with van der Waals surface area (Å²) in [5.74, 6) is 3.50. The molecule has 0 saturated carbocycles. The number of nitrogens with zero attached hydrogens (tertiary/aromatic N) is 9. The summed E-state index contributed by atoms with van der Waals surface area (Å²) in [6, 6.07) is 93.7. The number of fused-ring (bicyclic) bond motifs is 13. The van der Waals surface area contributed by atoms with Crippen LogP contribution in [0.15, 0.2) is 261 Å². The molecule has 0 aliphatic heterocycles. The molecular formula is C66H43N9Si. The van der Waals surface area contributed by atoms with Gasteiger partial charge in [-0.15, -0.1) is 0 Å². The molecular weight excluding hydrogens is 947 g/mol. The van der Waals surface area contributed by atoms with Gasteiger partial charge in [0, 0.05) is 28.1 Å². The van der Waals surface area contributed by atoms with Gasteiger partial charge in [0.25, 0.3) is 0 Å². The highest BCUT2D eigenvalue weighted by atomic mass is 28.3. The minimum absolute atomic E-state index is 0.583. The molecule has 76 heavy (non-hydrogen) atoms. The summed E-state index contributed by atoms with van der Waals surface area (Å²) in [7, 11) is -3.10. The zero-order valence-corrected chi connectivity index (χ0v) is 41.9. The second kappa shape index (κ2) is 16.4. The Kier molecular flexibility index (Phi) is 9.15. The van der Waals surface area contributed by atoms with E-state index in [1.807, 2.05) is 12.1 Å². The van der Waals surface area contributed by atoms with Crippen LogP contribution in [0, 0.1) is 0 Å². The van der Waals surface area contributed by atoms with Gasteiger partial charge in [0.2, 0.25) is 11.6 Å². The lowest BCUT2D eigenvalue weighted by molar-refractivity contribution is 0.970. The third kappa shape index (κ3) is 6.07. The molecule has 0 aliphatic carbocycles. The first kappa shape index (κ1) is 42.4. The molecule has 0 saturated heterocycles. The van der Waals surface area contributed by atoms with E-state index in [2.05, 4.69) is 271 Å². The first-order valence-electron chi connectivity index (χ1n) is 25.6. The smallest absolute Gasteiger partial charge is 0.221 e. The Labute approximate surface area is 436 Å². The Balaban J connectivity index is 0.959. The van der Waals surface area contributed by atoms with Gasteiger partial charge in [0.05, 0.1) is 55.2 Å². The van der Waals surface area contributed by atoms with Crippen LogP contribution in [0.5, 0.6) is 0 Å². The van der Waals surface area contributed by atoms with Gasteiger partial charge in [-0.05, 0) is 93.5 Å². The number of imidazole rings is 4. The average molecular weight is 990 g/mol. The number of benzene rings is 10. The summed E-state index contributed by atoms with van der Waals surface area (Å²) in [6.45, 7) is 0. The van der Waals surface area contributed by atoms with E-state index in [0.29, 0.717) is 17.5 Å². The van der Waals surface area contributed by atoms with Crippen molar-refractivity contribution >= 4 is 106 Å². The standard InChI is InChI=1S/C66H43N9Si/c1-3-21-46(22-4-1)76(47-23-5-2-6-24-47,48-40-38-45(39-41-48)71-54-30-11-7-26-50(54)51-27-8-12-31-55(51)71)49-25-19-20-44(42-49)64-69-62(74-60-36-17-15-34-58(60)72-56-32-13-9-28-52(56)67-65(72)74)43-63(70-64)75-61-37-18-16-35-59(61)73-57-33-14-10-29-53(57)68-66(73)75/h1-43H. The minimum atomic E-state index is -3.10. The molecule has 0 unspecified atom stereocenters. The van der Waals surface area contributed by atoms with Gasteiger partial charge >= 0.3 is 0 Å². The van der Waals surface area contributed by atoms with Crippen LogP contribution in [0.1, 0.15) is 0 Å². The number of hydrogen-bond donors (Lipinski definition) is 0. The lowest BCUT2D eigenvalue weighted by atomic mass is 10.2. The molecule has 16 rings (SSSR count). The maximum absolute atomic E-state index is 5.63. The van der Waals surface area contributed by atoms with Crippen molar-refractivity contribution in [3.63, 3.8) is 0 Å². The third-order valence-corrected chi connectivity index (χ3v) is 20.3. The van der Waals surface area contributed by atoms with Crippen LogP contribution in [0.4, 0.5) is 0 Å². The Morgan fingerprint density at radius 2 is 0.684 bits per heavy atom. The van der Waals surface area contributed by atoms with Crippen molar-refractivity contribution < 1.29 is 0 Å². The number of rotatable bonds is 8. The van der Waals surface area contributed by atoms with Gasteiger partial charge < -0.3 is 4.57 Å². The first-order chi connectivity index (χ1) is 37.7. The van der Waals surface area contributed by atoms with E-state index in [0.717, 1.165) is 66.9 Å². The molecule has 0 amide bonds. The third-order valence-electron chi connectivity index (χ3n) is 15.5. The Bertz CT molecular complexity index is 4690. The fourth-order valence-corrected chi connectivity index (χ4v) is 17.0. The summed E-state index contributed by atoms with van der Waals surface area (Å²) in [5.41, 5.74) is 12.3. The molecule has 0 fully saturated rings. The SMILES string of the molecule is c1ccc([Si](c2ccccc2)(c2ccc(-n3c4ccccc4c4ccccc43)cc2)c2cccc(-c3nc(-n4c5ccccc5n5c6ccccc6nc45)cc(-n4c5ccccc5n5c6ccccc6nc45)n3)c2)cc1. The van der Waals surface area contributed by atoms with Crippen molar-refractivity contribution in [3.8, 4) is 28.7 Å². The largest absolute Gasteiger partial charge is 0.309 e. The van der Waals surface area contributed by atoms with E-state index in [4.69, 9.17) is 19.9 Å². The monoisotopic (exact) mass is 989 g/mol. The van der Waals surface area contributed by atoms with Crippen LogP contribution in [-0.2, 0) is 0 Å². The summed E-state index contributed by atoms with van der Waals surface area (Å²) in [6.07, 6.45) is 0. The fourth-order valence-electron chi connectivity index (χ4n) is 12.3. The van der Waals surface area contributed by atoms with Crippen molar-refractivity contribution in [2.24, 2.45) is 0 Å². The lowest BCUT2D eigenvalue weighted by Crippen LogP contribution is -2.74. The zero-order valence-electron chi connectivity index (χ0n) is 40.9. The van der Waals surface area contributed by atoms with Crippen LogP contribution in [-0.4, -0.2) is 50.5 Å². The number of para-hydroxylation sites is 10. The molecule has 0 radical (unpaired) electrons. The molecule has 0 N–H and O–H groups in total. The molecule has 6 heterocycles. The Morgan fingerprint density at radius 1 is 0.276 bits per heavy atom. The van der Waals surface area contributed by atoms with Gasteiger partial charge in [-0.25, -0.2) is 19.9 Å². The van der Waals surface area contributed by atoms with E-state index in [1.54, 1.807) is 0 Å². The molecule has 0 aliphatic rings. The highest BCUT2D eigenvalue weighted by Gasteiger charge is 2.42. The van der Waals surface area contributed by atoms with Crippen molar-refractivity contribution in [3.05, 3.63) is 261 Å². The normalized spacial score (nSPS) is 12.2. The summed E-state index contributed by atoms with van der Waals surface area (Å²) >= 11 is 0. The Hall–Kier alpha value is -10.2. The van der Waals surface area contributed by atoms with Crippen LogP contribution < -0.4 is 20.7 Å². The molecule has 10 heteroatoms. The summed E-state index contributed by atoms with van der Waals surface area (Å²) in [4.78, 5) is 21.9. The maximum atomic E-state index is 5.63. The summed E-state index contributed by atoms with van der Waals surface area (Å²) < 4.78 is 11.2. The van der Waals surface area contributed by atoms with Gasteiger partial charge in [-0.1, -0.05) is 182 Å². The van der Waals surface area contributed by atoms with Crippen molar-refractivity contribution in [1.82, 2.24) is 42.4 Å². The van der Waals surface area contributed by atoms with Crippen LogP contribution >= 0.6 is 0 Å². The van der Waals surface area contributed by atoms with Crippen molar-refractivity contribution in [2.75, 3.05) is 0 Å². The maximum Gasteiger partial charge on any atom is 0.221 e. The first-order valence-corrected chi connectivity index (χ1v) is 27.6. The van der Waals surface area contributed by atoms with Crippen molar-refractivity contribution in [1.29, 1.82) is 0 Å². The number of hydrogen-bond acceptors (Lipinski definition) is 4. The van der Waals surface area contributed by atoms with E-state index >= 15 is 0 Å². The van der Waals surface area contributed by atoms with E-state index in [-0.39, 0.29) is 0 Å². The molecule has 0 atom stereocenters. The predicted molar refractivity (Wildman–Crippen MR) is 312 cm³/mol. The lowest BCUT2D eigenvalue weighted by Gasteiger charge is -2.34. The predicted octanol–water partition coefficient (Wildman–Crippen LogP) is 12.1. The van der Waals surface area contributed by atoms with E-state index in [1.165, 1.54) is 42.6 Å². The van der Waals surface area contributed by atoms with E-state index in [9.17, 15) is 0 Å². The second-order valence-electron chi connectivity index (χ2n) is 19.5. The molecule has 0 bridgehead atoms. The fraction of sp³-hybridized carbons (Fsp3) is 0.